The van der Waals surface area contributed by atoms with Crippen molar-refractivity contribution in [3.8, 4) is 0 Å². The molecule has 2 atom stereocenters. The van der Waals surface area contributed by atoms with E-state index in [9.17, 15) is 0 Å². The summed E-state index contributed by atoms with van der Waals surface area (Å²) in [6.07, 6.45) is 3.52. The molecule has 0 spiro atoms. The zero-order chi connectivity index (χ0) is 12.6. The fraction of sp³-hybridized carbons (Fsp3) is 0.600. The van der Waals surface area contributed by atoms with Crippen LogP contribution in [0, 0.1) is 0 Å². The van der Waals surface area contributed by atoms with Crippen LogP contribution in [0.1, 0.15) is 57.1 Å². The van der Waals surface area contributed by atoms with Crippen molar-refractivity contribution in [1.29, 1.82) is 0 Å². The minimum atomic E-state index is 0.206. The van der Waals surface area contributed by atoms with E-state index in [-0.39, 0.29) is 11.5 Å². The second-order valence-electron chi connectivity index (χ2n) is 5.49. The Morgan fingerprint density at radius 2 is 2.00 bits per heavy atom. The van der Waals surface area contributed by atoms with Gasteiger partial charge in [0.05, 0.1) is 0 Å². The number of halogens is 1. The summed E-state index contributed by atoms with van der Waals surface area (Å²) in [6, 6.07) is 6.77. The van der Waals surface area contributed by atoms with Crippen molar-refractivity contribution in [2.24, 2.45) is 5.73 Å². The van der Waals surface area contributed by atoms with E-state index in [2.05, 4.69) is 39.0 Å². The van der Waals surface area contributed by atoms with Gasteiger partial charge in [-0.25, -0.2) is 0 Å². The molecule has 0 bridgehead atoms. The molecule has 1 aliphatic rings. The average Bonchev–Trinajstić information content (AvgIpc) is 3.09. The number of nitrogens with two attached hydrogens (primary N) is 1. The molecule has 2 unspecified atom stereocenters. The van der Waals surface area contributed by atoms with E-state index in [4.69, 9.17) is 17.3 Å². The molecule has 2 N–H and O–H groups in total. The summed E-state index contributed by atoms with van der Waals surface area (Å²) in [6.45, 7) is 6.52. The predicted octanol–water partition coefficient (Wildman–Crippen LogP) is 4.23. The van der Waals surface area contributed by atoms with Gasteiger partial charge in [-0.1, -0.05) is 37.6 Å². The van der Waals surface area contributed by atoms with Crippen molar-refractivity contribution in [2.45, 2.75) is 57.4 Å². The lowest BCUT2D eigenvalue weighted by Gasteiger charge is -2.22. The third kappa shape index (κ3) is 2.23. The molecule has 1 aliphatic carbocycles. The molecule has 0 radical (unpaired) electrons. The standard InChI is InChI=1S/C15H22ClN/c1-4-10(2)13-6-5-12(9-14(13)16)15(7-8-15)11(3)17/h5-6,9-11H,4,7-8,17H2,1-3H3. The van der Waals surface area contributed by atoms with Gasteiger partial charge in [0.15, 0.2) is 0 Å². The molecule has 1 fully saturated rings. The highest BCUT2D eigenvalue weighted by molar-refractivity contribution is 6.31. The Kier molecular flexibility index (Phi) is 3.51. The summed E-state index contributed by atoms with van der Waals surface area (Å²) >= 11 is 6.40. The van der Waals surface area contributed by atoms with Crippen molar-refractivity contribution >= 4 is 11.6 Å². The monoisotopic (exact) mass is 251 g/mol. The smallest absolute Gasteiger partial charge is 0.0443 e. The van der Waals surface area contributed by atoms with Crippen LogP contribution in [-0.4, -0.2) is 6.04 Å². The first-order chi connectivity index (χ1) is 8.01. The van der Waals surface area contributed by atoms with Crippen molar-refractivity contribution in [2.75, 3.05) is 0 Å². The molecule has 1 saturated carbocycles. The van der Waals surface area contributed by atoms with Crippen LogP contribution in [0.4, 0.5) is 0 Å². The topological polar surface area (TPSA) is 26.0 Å². The molecule has 1 aromatic rings. The molecule has 1 aromatic carbocycles. The lowest BCUT2D eigenvalue weighted by molar-refractivity contribution is 0.556. The maximum Gasteiger partial charge on any atom is 0.0443 e. The summed E-state index contributed by atoms with van der Waals surface area (Å²) in [4.78, 5) is 0. The van der Waals surface area contributed by atoms with Gasteiger partial charge in [-0.05, 0) is 49.3 Å². The van der Waals surface area contributed by atoms with Crippen LogP contribution in [0.15, 0.2) is 18.2 Å². The van der Waals surface area contributed by atoms with Gasteiger partial charge in [-0.2, -0.15) is 0 Å². The molecule has 0 amide bonds. The van der Waals surface area contributed by atoms with Crippen LogP contribution < -0.4 is 5.73 Å². The Bertz CT molecular complexity index is 407. The zero-order valence-corrected chi connectivity index (χ0v) is 11.7. The molecular formula is C15H22ClN. The molecule has 2 heteroatoms. The fourth-order valence-corrected chi connectivity index (χ4v) is 2.96. The molecule has 2 rings (SSSR count). The van der Waals surface area contributed by atoms with Crippen LogP contribution >= 0.6 is 11.6 Å². The second kappa shape index (κ2) is 4.62. The Hall–Kier alpha value is -0.530. The van der Waals surface area contributed by atoms with Crippen molar-refractivity contribution < 1.29 is 0 Å². The highest BCUT2D eigenvalue weighted by Gasteiger charge is 2.47. The van der Waals surface area contributed by atoms with E-state index in [1.54, 1.807) is 0 Å². The van der Waals surface area contributed by atoms with Crippen LogP contribution in [-0.2, 0) is 5.41 Å². The Labute approximate surface area is 109 Å². The van der Waals surface area contributed by atoms with E-state index in [1.165, 1.54) is 24.0 Å². The van der Waals surface area contributed by atoms with Gasteiger partial charge in [-0.3, -0.25) is 0 Å². The van der Waals surface area contributed by atoms with Gasteiger partial charge in [0, 0.05) is 16.5 Å². The number of rotatable bonds is 4. The third-order valence-electron chi connectivity index (χ3n) is 4.38. The van der Waals surface area contributed by atoms with E-state index in [1.807, 2.05) is 0 Å². The number of benzene rings is 1. The molecule has 0 aliphatic heterocycles. The van der Waals surface area contributed by atoms with Gasteiger partial charge < -0.3 is 5.73 Å². The molecule has 94 valence electrons. The SMILES string of the molecule is CCC(C)c1ccc(C2(C(C)N)CC2)cc1Cl. The van der Waals surface area contributed by atoms with Gasteiger partial charge in [-0.15, -0.1) is 0 Å². The van der Waals surface area contributed by atoms with Crippen molar-refractivity contribution in [3.63, 3.8) is 0 Å². The Balaban J connectivity index is 2.32. The summed E-state index contributed by atoms with van der Waals surface area (Å²) < 4.78 is 0. The van der Waals surface area contributed by atoms with Gasteiger partial charge in [0.2, 0.25) is 0 Å². The molecule has 0 aromatic heterocycles. The van der Waals surface area contributed by atoms with Crippen molar-refractivity contribution in [1.82, 2.24) is 0 Å². The Morgan fingerprint density at radius 1 is 1.35 bits per heavy atom. The van der Waals surface area contributed by atoms with Gasteiger partial charge in [0.1, 0.15) is 0 Å². The van der Waals surface area contributed by atoms with E-state index < -0.39 is 0 Å². The third-order valence-corrected chi connectivity index (χ3v) is 4.71. The lowest BCUT2D eigenvalue weighted by atomic mass is 9.87. The average molecular weight is 252 g/mol. The van der Waals surface area contributed by atoms with Gasteiger partial charge in [0.25, 0.3) is 0 Å². The summed E-state index contributed by atoms with van der Waals surface area (Å²) in [7, 11) is 0. The van der Waals surface area contributed by atoms with Crippen LogP contribution in [0.5, 0.6) is 0 Å². The largest absolute Gasteiger partial charge is 0.327 e. The maximum atomic E-state index is 6.40. The summed E-state index contributed by atoms with van der Waals surface area (Å²) in [5.41, 5.74) is 8.89. The lowest BCUT2D eigenvalue weighted by Crippen LogP contribution is -2.31. The van der Waals surface area contributed by atoms with E-state index in [0.29, 0.717) is 5.92 Å². The predicted molar refractivity (Wildman–Crippen MR) is 74.7 cm³/mol. The number of hydrogen-bond donors (Lipinski definition) is 1. The van der Waals surface area contributed by atoms with Crippen LogP contribution in [0.2, 0.25) is 5.02 Å². The van der Waals surface area contributed by atoms with Crippen LogP contribution in [0.3, 0.4) is 0 Å². The summed E-state index contributed by atoms with van der Waals surface area (Å²) in [5, 5.41) is 0.906. The Morgan fingerprint density at radius 3 is 2.41 bits per heavy atom. The van der Waals surface area contributed by atoms with E-state index in [0.717, 1.165) is 11.4 Å². The first-order valence-electron chi connectivity index (χ1n) is 6.56. The normalized spacial score (nSPS) is 21.0. The second-order valence-corrected chi connectivity index (χ2v) is 5.90. The quantitative estimate of drug-likeness (QED) is 0.852. The minimum absolute atomic E-state index is 0.206. The fourth-order valence-electron chi connectivity index (χ4n) is 2.60. The minimum Gasteiger partial charge on any atom is -0.327 e. The molecule has 17 heavy (non-hydrogen) atoms. The van der Waals surface area contributed by atoms with Crippen LogP contribution in [0.25, 0.3) is 0 Å². The molecule has 0 heterocycles. The zero-order valence-electron chi connectivity index (χ0n) is 11.0. The molecular weight excluding hydrogens is 230 g/mol. The summed E-state index contributed by atoms with van der Waals surface area (Å²) in [5.74, 6) is 0.530. The highest BCUT2D eigenvalue weighted by Crippen LogP contribution is 2.51. The maximum absolute atomic E-state index is 6.40. The van der Waals surface area contributed by atoms with Gasteiger partial charge >= 0.3 is 0 Å². The molecule has 0 saturated heterocycles. The highest BCUT2D eigenvalue weighted by atomic mass is 35.5. The van der Waals surface area contributed by atoms with E-state index >= 15 is 0 Å². The van der Waals surface area contributed by atoms with Crippen molar-refractivity contribution in [3.05, 3.63) is 34.3 Å². The number of hydrogen-bond acceptors (Lipinski definition) is 1. The molecule has 1 nitrogen and oxygen atoms in total. The first kappa shape index (κ1) is 12.9. The first-order valence-corrected chi connectivity index (χ1v) is 6.94.